The lowest BCUT2D eigenvalue weighted by Gasteiger charge is -2.21. The van der Waals surface area contributed by atoms with Crippen molar-refractivity contribution >= 4 is 21.4 Å². The third-order valence-corrected chi connectivity index (χ3v) is 9.12. The first-order chi connectivity index (χ1) is 20.8. The summed E-state index contributed by atoms with van der Waals surface area (Å²) in [5, 5.41) is 21.2. The number of pyridine rings is 1. The number of benzene rings is 2. The fourth-order valence-electron chi connectivity index (χ4n) is 6.10. The first kappa shape index (κ1) is 28.0. The summed E-state index contributed by atoms with van der Waals surface area (Å²) < 4.78 is 58.4. The molecule has 0 saturated carbocycles. The van der Waals surface area contributed by atoms with Gasteiger partial charge in [0.25, 0.3) is 0 Å². The molecule has 7 rings (SSSR count). The number of methoxy groups -OCH3 is 1. The third kappa shape index (κ3) is 4.80. The second-order valence-corrected chi connectivity index (χ2v) is 11.8. The molecule has 0 fully saturated rings. The van der Waals surface area contributed by atoms with Gasteiger partial charge in [-0.2, -0.15) is 5.10 Å². The Kier molecular flexibility index (Phi) is 7.21. The Morgan fingerprint density at radius 2 is 1.95 bits per heavy atom. The van der Waals surface area contributed by atoms with Crippen LogP contribution in [0.25, 0.3) is 43.9 Å². The van der Waals surface area contributed by atoms with Gasteiger partial charge in [-0.3, -0.25) is 4.68 Å². The van der Waals surface area contributed by atoms with Gasteiger partial charge < -0.3 is 19.9 Å². The molecule has 0 unspecified atom stereocenters. The molecule has 0 bridgehead atoms. The van der Waals surface area contributed by atoms with Crippen molar-refractivity contribution in [1.82, 2.24) is 20.1 Å². The summed E-state index contributed by atoms with van der Waals surface area (Å²) in [6, 6.07) is 11.4. The lowest BCUT2D eigenvalue weighted by molar-refractivity contribution is 0.0926. The highest BCUT2D eigenvalue weighted by molar-refractivity contribution is 7.18. The molecule has 2 aromatic carbocycles. The van der Waals surface area contributed by atoms with E-state index < -0.39 is 23.9 Å². The van der Waals surface area contributed by atoms with Crippen molar-refractivity contribution in [3.63, 3.8) is 0 Å². The number of rotatable bonds is 7. The van der Waals surface area contributed by atoms with Crippen LogP contribution in [0.4, 0.5) is 13.2 Å². The third-order valence-electron chi connectivity index (χ3n) is 8.19. The fourth-order valence-corrected chi connectivity index (χ4v) is 7.05. The molecule has 43 heavy (non-hydrogen) atoms. The van der Waals surface area contributed by atoms with Crippen LogP contribution in [-0.4, -0.2) is 52.9 Å². The minimum absolute atomic E-state index is 0.0413. The van der Waals surface area contributed by atoms with Crippen LogP contribution in [0.15, 0.2) is 47.8 Å². The Balaban J connectivity index is 1.50. The normalized spacial score (nSPS) is 19.5. The molecule has 3 atom stereocenters. The van der Waals surface area contributed by atoms with Crippen molar-refractivity contribution in [2.45, 2.75) is 38.2 Å². The number of aliphatic hydroxyl groups is 1. The van der Waals surface area contributed by atoms with E-state index in [1.54, 1.807) is 6.07 Å². The largest absolute Gasteiger partial charge is 0.490 e. The minimum Gasteiger partial charge on any atom is -0.490 e. The van der Waals surface area contributed by atoms with Gasteiger partial charge in [0.2, 0.25) is 0 Å². The van der Waals surface area contributed by atoms with Crippen LogP contribution in [-0.2, 0) is 17.7 Å². The van der Waals surface area contributed by atoms with Crippen molar-refractivity contribution in [3.05, 3.63) is 76.3 Å². The molecule has 0 amide bonds. The predicted octanol–water partition coefficient (Wildman–Crippen LogP) is 6.39. The topological polar surface area (TPSA) is 81.4 Å². The maximum absolute atomic E-state index is 15.9. The summed E-state index contributed by atoms with van der Waals surface area (Å²) in [6.07, 6.45) is -2.40. The van der Waals surface area contributed by atoms with E-state index in [2.05, 4.69) is 12.2 Å². The highest BCUT2D eigenvalue weighted by Crippen LogP contribution is 2.48. The van der Waals surface area contributed by atoms with Gasteiger partial charge in [-0.25, -0.2) is 18.2 Å². The Labute approximate surface area is 249 Å². The summed E-state index contributed by atoms with van der Waals surface area (Å²) >= 11 is 1.41. The summed E-state index contributed by atoms with van der Waals surface area (Å²) in [7, 11) is 1.52. The van der Waals surface area contributed by atoms with E-state index in [1.807, 2.05) is 34.3 Å². The van der Waals surface area contributed by atoms with Crippen LogP contribution in [0.1, 0.15) is 35.9 Å². The molecule has 0 saturated heterocycles. The predicted molar refractivity (Wildman–Crippen MR) is 159 cm³/mol. The number of ether oxygens (including phenoxy) is 2. The van der Waals surface area contributed by atoms with E-state index in [-0.39, 0.29) is 37.0 Å². The van der Waals surface area contributed by atoms with Gasteiger partial charge in [-0.05, 0) is 41.6 Å². The maximum Gasteiger partial charge on any atom is 0.137 e. The van der Waals surface area contributed by atoms with Crippen molar-refractivity contribution in [2.24, 2.45) is 0 Å². The number of hydrogen-bond donors (Lipinski definition) is 2. The molecular weight excluding hydrogens is 577 g/mol. The van der Waals surface area contributed by atoms with Gasteiger partial charge in [0.1, 0.15) is 47.7 Å². The van der Waals surface area contributed by atoms with Gasteiger partial charge in [0, 0.05) is 59.5 Å². The smallest absolute Gasteiger partial charge is 0.137 e. The Bertz CT molecular complexity index is 1860. The lowest BCUT2D eigenvalue weighted by atomic mass is 9.95. The number of alkyl halides is 1. The van der Waals surface area contributed by atoms with E-state index >= 15 is 4.39 Å². The molecule has 222 valence electrons. The number of halogens is 3. The Hall–Kier alpha value is -3.77. The number of aromatic nitrogens is 3. The van der Waals surface area contributed by atoms with Gasteiger partial charge in [-0.1, -0.05) is 12.1 Å². The molecule has 0 radical (unpaired) electrons. The summed E-state index contributed by atoms with van der Waals surface area (Å²) in [6.45, 7) is 3.81. The molecule has 0 spiro atoms. The quantitative estimate of drug-likeness (QED) is 0.209. The van der Waals surface area contributed by atoms with Crippen molar-refractivity contribution in [2.75, 3.05) is 26.9 Å². The lowest BCUT2D eigenvalue weighted by Crippen LogP contribution is -2.31. The van der Waals surface area contributed by atoms with E-state index in [0.717, 1.165) is 39.5 Å². The average Bonchev–Trinajstić information content (AvgIpc) is 3.71. The fraction of sp³-hybridized carbons (Fsp3) is 0.312. The molecule has 1 aliphatic heterocycles. The molecular formula is C32H29F3N4O3S. The zero-order chi connectivity index (χ0) is 29.8. The van der Waals surface area contributed by atoms with E-state index in [4.69, 9.17) is 19.6 Å². The number of thiophene rings is 1. The zero-order valence-electron chi connectivity index (χ0n) is 23.5. The molecule has 4 heterocycles. The molecule has 2 aliphatic rings. The second kappa shape index (κ2) is 11.1. The average molecular weight is 607 g/mol. The van der Waals surface area contributed by atoms with Crippen LogP contribution in [0, 0.1) is 11.6 Å². The van der Waals surface area contributed by atoms with Crippen LogP contribution < -0.4 is 10.1 Å². The first-order valence-electron chi connectivity index (χ1n) is 14.1. The summed E-state index contributed by atoms with van der Waals surface area (Å²) in [5.41, 5.74) is 5.15. The van der Waals surface area contributed by atoms with Crippen LogP contribution in [0.5, 0.6) is 5.75 Å². The van der Waals surface area contributed by atoms with Crippen LogP contribution >= 0.6 is 11.3 Å². The molecule has 1 aliphatic carbocycles. The highest BCUT2D eigenvalue weighted by Gasteiger charge is 2.32. The SMILES string of the molecule is COCCOc1cc(F)cc(F)c1-c1c(-c2cc3n(n2)CCN[C@@H]3C)nc(-c2ccc3c(c2)C[C@@H](F)[C@H]3O)c2ccsc12. The Morgan fingerprint density at radius 3 is 2.77 bits per heavy atom. The van der Waals surface area contributed by atoms with Gasteiger partial charge >= 0.3 is 0 Å². The Morgan fingerprint density at radius 1 is 1.09 bits per heavy atom. The summed E-state index contributed by atoms with van der Waals surface area (Å²) in [4.78, 5) is 5.14. The summed E-state index contributed by atoms with van der Waals surface area (Å²) in [5.74, 6) is -1.50. The van der Waals surface area contributed by atoms with Gasteiger partial charge in [0.05, 0.1) is 30.1 Å². The second-order valence-electron chi connectivity index (χ2n) is 10.9. The molecule has 11 heteroatoms. The van der Waals surface area contributed by atoms with Crippen molar-refractivity contribution in [1.29, 1.82) is 0 Å². The van der Waals surface area contributed by atoms with Crippen molar-refractivity contribution < 1.29 is 27.8 Å². The van der Waals surface area contributed by atoms with Crippen LogP contribution in [0.3, 0.4) is 0 Å². The van der Waals surface area contributed by atoms with Crippen LogP contribution in [0.2, 0.25) is 0 Å². The van der Waals surface area contributed by atoms with Gasteiger partial charge in [0.15, 0.2) is 0 Å². The molecule has 2 N–H and O–H groups in total. The van der Waals surface area contributed by atoms with Crippen molar-refractivity contribution in [3.8, 4) is 39.5 Å². The first-order valence-corrected chi connectivity index (χ1v) is 15.0. The number of nitrogens with zero attached hydrogens (tertiary/aromatic N) is 3. The molecule has 3 aromatic heterocycles. The molecule has 5 aromatic rings. The number of nitrogens with one attached hydrogen (secondary N) is 1. The zero-order valence-corrected chi connectivity index (χ0v) is 24.4. The number of fused-ring (bicyclic) bond motifs is 3. The number of hydrogen-bond acceptors (Lipinski definition) is 7. The van der Waals surface area contributed by atoms with Gasteiger partial charge in [-0.15, -0.1) is 11.3 Å². The molecule has 7 nitrogen and oxygen atoms in total. The van der Waals surface area contributed by atoms with E-state index in [9.17, 15) is 13.9 Å². The number of aliphatic hydroxyl groups excluding tert-OH is 1. The van der Waals surface area contributed by atoms with E-state index in [1.165, 1.54) is 24.5 Å². The van der Waals surface area contributed by atoms with E-state index in [0.29, 0.717) is 34.8 Å². The minimum atomic E-state index is -1.36. The highest BCUT2D eigenvalue weighted by atomic mass is 32.1. The maximum atomic E-state index is 15.9. The standard InChI is InChI=1S/C32H29F3N4O3S/c1-16-25-15-24(38-39(25)7-6-36-16)30-28(27-22(34)13-19(33)14-26(27)42-9-8-41-2)32-21(5-10-43-32)29(37-30)17-3-4-20-18(11-17)12-23(35)31(20)40/h3-5,10-11,13-16,23,31,36,40H,6-9,12H2,1-2H3/t16-,23-,31+/m1/s1. The monoisotopic (exact) mass is 606 g/mol.